The van der Waals surface area contributed by atoms with Gasteiger partial charge in [-0.2, -0.15) is 0 Å². The molecule has 0 aromatic heterocycles. The summed E-state index contributed by atoms with van der Waals surface area (Å²) in [5.41, 5.74) is 2.19. The molecule has 150 valence electrons. The summed E-state index contributed by atoms with van der Waals surface area (Å²) in [5, 5.41) is 21.7. The summed E-state index contributed by atoms with van der Waals surface area (Å²) in [6.45, 7) is 2.25. The lowest BCUT2D eigenvalue weighted by atomic mass is 9.93. The van der Waals surface area contributed by atoms with Crippen molar-refractivity contribution in [3.05, 3.63) is 71.5 Å². The molecule has 0 aliphatic carbocycles. The maximum absolute atomic E-state index is 13.4. The monoisotopic (exact) mass is 393 g/mol. The van der Waals surface area contributed by atoms with Gasteiger partial charge in [0.25, 0.3) is 5.91 Å². The molecular weight excluding hydrogens is 369 g/mol. The number of piperidine rings is 1. The Balaban J connectivity index is 1.62. The van der Waals surface area contributed by atoms with Gasteiger partial charge in [0.2, 0.25) is 0 Å². The van der Waals surface area contributed by atoms with Crippen molar-refractivity contribution in [2.75, 3.05) is 19.7 Å². The van der Waals surface area contributed by atoms with Gasteiger partial charge in [0, 0.05) is 12.1 Å². The molecule has 1 atom stereocenters. The number of aliphatic hydroxyl groups excluding tert-OH is 1. The van der Waals surface area contributed by atoms with Crippen LogP contribution in [0.3, 0.4) is 0 Å². The fourth-order valence-corrected chi connectivity index (χ4v) is 4.09. The highest BCUT2D eigenvalue weighted by atomic mass is 19.1. The number of benzene rings is 3. The molecule has 0 saturated carbocycles. The lowest BCUT2D eigenvalue weighted by Crippen LogP contribution is -2.52. The highest BCUT2D eigenvalue weighted by Crippen LogP contribution is 2.29. The van der Waals surface area contributed by atoms with Crippen LogP contribution in [0.5, 0.6) is 0 Å². The summed E-state index contributed by atoms with van der Waals surface area (Å²) in [6.07, 6.45) is 1.16. The molecule has 1 aliphatic rings. The molecule has 3 aromatic carbocycles. The first kappa shape index (κ1) is 19.6. The van der Waals surface area contributed by atoms with Gasteiger partial charge in [0.05, 0.1) is 13.2 Å². The van der Waals surface area contributed by atoms with Gasteiger partial charge in [-0.05, 0) is 77.6 Å². The molecule has 4 rings (SSSR count). The van der Waals surface area contributed by atoms with Crippen LogP contribution in [0.1, 0.15) is 28.8 Å². The minimum Gasteiger partial charge on any atom is -0.393 e. The molecule has 4 nitrogen and oxygen atoms in total. The number of likely N-dealkylation sites (tertiary alicyclic amines) is 1. The zero-order valence-electron chi connectivity index (χ0n) is 16.4. The summed E-state index contributed by atoms with van der Waals surface area (Å²) >= 11 is 0. The molecule has 0 radical (unpaired) electrons. The lowest BCUT2D eigenvalue weighted by molar-refractivity contribution is -0.0598. The van der Waals surface area contributed by atoms with Gasteiger partial charge >= 0.3 is 0 Å². The quantitative estimate of drug-likeness (QED) is 0.709. The van der Waals surface area contributed by atoms with Crippen molar-refractivity contribution in [1.82, 2.24) is 4.90 Å². The number of carbonyl (C=O) groups is 1. The van der Waals surface area contributed by atoms with Gasteiger partial charge in [0.15, 0.2) is 0 Å². The van der Waals surface area contributed by atoms with E-state index in [1.54, 1.807) is 17.0 Å². The van der Waals surface area contributed by atoms with Crippen molar-refractivity contribution in [1.29, 1.82) is 0 Å². The third-order valence-electron chi connectivity index (χ3n) is 5.72. The van der Waals surface area contributed by atoms with Crippen LogP contribution in [-0.2, 0) is 0 Å². The standard InChI is InChI=1S/C24H24FNO3/c1-16-11-21(25)7-8-22(16)19-5-3-18-13-20(6-4-17(18)12-19)23(28)26-10-2-9-24(29,14-26)15-27/h3-8,11-13,27,29H,2,9-10,14-15H2,1H3. The molecule has 1 amide bonds. The summed E-state index contributed by atoms with van der Waals surface area (Å²) in [4.78, 5) is 14.5. The van der Waals surface area contributed by atoms with Crippen LogP contribution < -0.4 is 0 Å². The normalized spacial score (nSPS) is 19.5. The lowest BCUT2D eigenvalue weighted by Gasteiger charge is -2.38. The number of aliphatic hydroxyl groups is 2. The first-order chi connectivity index (χ1) is 13.9. The Labute approximate surface area is 169 Å². The van der Waals surface area contributed by atoms with E-state index in [0.29, 0.717) is 24.9 Å². The Morgan fingerprint density at radius 3 is 2.62 bits per heavy atom. The number of β-amino-alcohol motifs (C(OH)–C–C–N with tert-alkyl or cyclic N) is 1. The highest BCUT2D eigenvalue weighted by Gasteiger charge is 2.34. The molecule has 2 N–H and O–H groups in total. The molecule has 0 bridgehead atoms. The molecule has 1 unspecified atom stereocenters. The van der Waals surface area contributed by atoms with Crippen molar-refractivity contribution in [3.63, 3.8) is 0 Å². The van der Waals surface area contributed by atoms with Crippen LogP contribution in [-0.4, -0.2) is 46.3 Å². The van der Waals surface area contributed by atoms with Gasteiger partial charge in [-0.15, -0.1) is 0 Å². The van der Waals surface area contributed by atoms with E-state index in [9.17, 15) is 19.4 Å². The van der Waals surface area contributed by atoms with Crippen molar-refractivity contribution < 1.29 is 19.4 Å². The molecular formula is C24H24FNO3. The number of aryl methyl sites for hydroxylation is 1. The number of halogens is 1. The Kier molecular flexibility index (Phi) is 5.11. The maximum atomic E-state index is 13.4. The molecule has 1 fully saturated rings. The third-order valence-corrected chi connectivity index (χ3v) is 5.72. The molecule has 1 aliphatic heterocycles. The maximum Gasteiger partial charge on any atom is 0.253 e. The zero-order chi connectivity index (χ0) is 20.6. The second-order valence-corrected chi connectivity index (χ2v) is 7.95. The average Bonchev–Trinajstić information content (AvgIpc) is 2.72. The van der Waals surface area contributed by atoms with Gasteiger partial charge in [-0.25, -0.2) is 4.39 Å². The molecule has 5 heteroatoms. The van der Waals surface area contributed by atoms with Crippen LogP contribution in [0.15, 0.2) is 54.6 Å². The van der Waals surface area contributed by atoms with Gasteiger partial charge in [-0.3, -0.25) is 4.79 Å². The van der Waals surface area contributed by atoms with Crippen LogP contribution in [0, 0.1) is 12.7 Å². The number of hydrogen-bond donors (Lipinski definition) is 2. The second kappa shape index (κ2) is 7.58. The minimum atomic E-state index is -1.22. The molecule has 3 aromatic rings. The van der Waals surface area contributed by atoms with E-state index in [0.717, 1.165) is 27.5 Å². The number of rotatable bonds is 3. The summed E-state index contributed by atoms with van der Waals surface area (Å²) in [6, 6.07) is 16.3. The topological polar surface area (TPSA) is 60.8 Å². The predicted octanol–water partition coefficient (Wildman–Crippen LogP) is 3.91. The molecule has 0 spiro atoms. The van der Waals surface area contributed by atoms with Crippen molar-refractivity contribution in [2.24, 2.45) is 0 Å². The minimum absolute atomic E-state index is 0.142. The van der Waals surface area contributed by atoms with E-state index >= 15 is 0 Å². The number of nitrogens with zero attached hydrogens (tertiary/aromatic N) is 1. The first-order valence-electron chi connectivity index (χ1n) is 9.81. The zero-order valence-corrected chi connectivity index (χ0v) is 16.4. The molecule has 1 saturated heterocycles. The largest absolute Gasteiger partial charge is 0.393 e. The predicted molar refractivity (Wildman–Crippen MR) is 111 cm³/mol. The Morgan fingerprint density at radius 2 is 1.86 bits per heavy atom. The molecule has 29 heavy (non-hydrogen) atoms. The number of fused-ring (bicyclic) bond motifs is 1. The van der Waals surface area contributed by atoms with E-state index in [1.807, 2.05) is 37.3 Å². The van der Waals surface area contributed by atoms with Gasteiger partial charge < -0.3 is 15.1 Å². The number of amides is 1. The van der Waals surface area contributed by atoms with Crippen molar-refractivity contribution >= 4 is 16.7 Å². The van der Waals surface area contributed by atoms with E-state index in [2.05, 4.69) is 0 Å². The fraction of sp³-hybridized carbons (Fsp3) is 0.292. The SMILES string of the molecule is Cc1cc(F)ccc1-c1ccc2cc(C(=O)N3CCCC(O)(CO)C3)ccc2c1. The second-order valence-electron chi connectivity index (χ2n) is 7.95. The van der Waals surface area contributed by atoms with E-state index < -0.39 is 5.60 Å². The Morgan fingerprint density at radius 1 is 1.10 bits per heavy atom. The van der Waals surface area contributed by atoms with Crippen LogP contribution in [0.2, 0.25) is 0 Å². The van der Waals surface area contributed by atoms with Gasteiger partial charge in [0.1, 0.15) is 11.4 Å². The van der Waals surface area contributed by atoms with Crippen molar-refractivity contribution in [3.8, 4) is 11.1 Å². The Bertz CT molecular complexity index is 1080. The van der Waals surface area contributed by atoms with Crippen LogP contribution in [0.25, 0.3) is 21.9 Å². The van der Waals surface area contributed by atoms with Crippen LogP contribution >= 0.6 is 0 Å². The number of hydrogen-bond acceptors (Lipinski definition) is 3. The third kappa shape index (κ3) is 3.88. The van der Waals surface area contributed by atoms with Gasteiger partial charge in [-0.1, -0.05) is 24.3 Å². The highest BCUT2D eigenvalue weighted by molar-refractivity contribution is 5.99. The smallest absolute Gasteiger partial charge is 0.253 e. The first-order valence-corrected chi connectivity index (χ1v) is 9.81. The summed E-state index contributed by atoms with van der Waals surface area (Å²) < 4.78 is 13.4. The number of carbonyl (C=O) groups excluding carboxylic acids is 1. The Hall–Kier alpha value is -2.76. The average molecular weight is 393 g/mol. The van der Waals surface area contributed by atoms with E-state index in [1.165, 1.54) is 12.1 Å². The van der Waals surface area contributed by atoms with Crippen molar-refractivity contribution in [2.45, 2.75) is 25.4 Å². The summed E-state index contributed by atoms with van der Waals surface area (Å²) in [7, 11) is 0. The van der Waals surface area contributed by atoms with E-state index in [4.69, 9.17) is 0 Å². The molecule has 1 heterocycles. The summed E-state index contributed by atoms with van der Waals surface area (Å²) in [5.74, 6) is -0.391. The fourth-order valence-electron chi connectivity index (χ4n) is 4.09. The van der Waals surface area contributed by atoms with Crippen LogP contribution in [0.4, 0.5) is 4.39 Å². The van der Waals surface area contributed by atoms with E-state index in [-0.39, 0.29) is 24.9 Å².